The van der Waals surface area contributed by atoms with Gasteiger partial charge in [-0.1, -0.05) is 11.6 Å². The Balaban J connectivity index is 1.82. The Morgan fingerprint density at radius 1 is 1.08 bits per heavy atom. The number of carbonyl (C=O) groups excluding carboxylic acids is 1. The van der Waals surface area contributed by atoms with Gasteiger partial charge in [0, 0.05) is 42.5 Å². The number of likely N-dealkylation sites (N-methyl/N-ethyl adjacent to an activating group) is 1. The molecule has 1 amide bonds. The van der Waals surface area contributed by atoms with E-state index in [0.717, 1.165) is 37.6 Å². The van der Waals surface area contributed by atoms with Gasteiger partial charge in [0.1, 0.15) is 0 Å². The second-order valence-electron chi connectivity index (χ2n) is 6.03. The smallest absolute Gasteiger partial charge is 0.255 e. The van der Waals surface area contributed by atoms with E-state index in [9.17, 15) is 4.79 Å². The van der Waals surface area contributed by atoms with Crippen LogP contribution in [0.3, 0.4) is 0 Å². The summed E-state index contributed by atoms with van der Waals surface area (Å²) in [7, 11) is 2.11. The molecule has 0 radical (unpaired) electrons. The molecule has 24 heavy (non-hydrogen) atoms. The van der Waals surface area contributed by atoms with Crippen LogP contribution in [0.5, 0.6) is 0 Å². The Morgan fingerprint density at radius 3 is 2.42 bits per heavy atom. The van der Waals surface area contributed by atoms with Crippen molar-refractivity contribution in [2.45, 2.75) is 0 Å². The Labute approximate surface area is 147 Å². The summed E-state index contributed by atoms with van der Waals surface area (Å²) in [6.45, 7) is 3.83. The molecule has 2 aromatic rings. The minimum absolute atomic E-state index is 0.173. The van der Waals surface area contributed by atoms with E-state index in [1.54, 1.807) is 24.3 Å². The second-order valence-corrected chi connectivity index (χ2v) is 6.46. The maximum Gasteiger partial charge on any atom is 0.255 e. The van der Waals surface area contributed by atoms with Crippen LogP contribution in [-0.2, 0) is 0 Å². The average molecular weight is 345 g/mol. The van der Waals surface area contributed by atoms with Gasteiger partial charge in [-0.25, -0.2) is 0 Å². The fraction of sp³-hybridized carbons (Fsp3) is 0.278. The Bertz CT molecular complexity index is 724. The summed E-state index contributed by atoms with van der Waals surface area (Å²) in [5.41, 5.74) is 8.84. The lowest BCUT2D eigenvalue weighted by atomic mass is 10.1. The Morgan fingerprint density at radius 2 is 1.75 bits per heavy atom. The van der Waals surface area contributed by atoms with E-state index < -0.39 is 0 Å². The number of anilines is 3. The van der Waals surface area contributed by atoms with Crippen molar-refractivity contribution in [2.75, 3.05) is 49.2 Å². The van der Waals surface area contributed by atoms with E-state index in [4.69, 9.17) is 17.3 Å². The average Bonchev–Trinajstić information content (AvgIpc) is 2.57. The number of nitrogens with zero attached hydrogens (tertiary/aromatic N) is 2. The fourth-order valence-corrected chi connectivity index (χ4v) is 2.90. The van der Waals surface area contributed by atoms with Gasteiger partial charge in [-0.2, -0.15) is 0 Å². The molecule has 0 spiro atoms. The van der Waals surface area contributed by atoms with Gasteiger partial charge in [0.15, 0.2) is 0 Å². The van der Waals surface area contributed by atoms with Crippen molar-refractivity contribution in [3.63, 3.8) is 0 Å². The monoisotopic (exact) mass is 344 g/mol. The topological polar surface area (TPSA) is 61.6 Å². The van der Waals surface area contributed by atoms with E-state index in [1.165, 1.54) is 0 Å². The molecular weight excluding hydrogens is 324 g/mol. The van der Waals surface area contributed by atoms with Gasteiger partial charge in [0.2, 0.25) is 0 Å². The summed E-state index contributed by atoms with van der Waals surface area (Å²) in [6.07, 6.45) is 0. The number of nitrogens with two attached hydrogens (primary N) is 1. The van der Waals surface area contributed by atoms with Crippen molar-refractivity contribution in [1.29, 1.82) is 0 Å². The zero-order valence-corrected chi connectivity index (χ0v) is 14.4. The van der Waals surface area contributed by atoms with Crippen LogP contribution in [-0.4, -0.2) is 44.0 Å². The third-order valence-electron chi connectivity index (χ3n) is 4.22. The van der Waals surface area contributed by atoms with E-state index in [1.807, 2.05) is 18.2 Å². The lowest BCUT2D eigenvalue weighted by Crippen LogP contribution is -2.44. The number of hydrogen-bond donors (Lipinski definition) is 2. The second kappa shape index (κ2) is 7.11. The molecule has 1 saturated heterocycles. The Hall–Kier alpha value is -2.24. The molecule has 1 fully saturated rings. The third kappa shape index (κ3) is 3.80. The van der Waals surface area contributed by atoms with Crippen LogP contribution >= 0.6 is 11.6 Å². The maximum atomic E-state index is 12.5. The predicted octanol–water partition coefficient (Wildman–Crippen LogP) is 2.93. The van der Waals surface area contributed by atoms with Gasteiger partial charge < -0.3 is 20.9 Å². The molecule has 1 heterocycles. The molecule has 3 N–H and O–H groups in total. The molecule has 0 aliphatic carbocycles. The highest BCUT2D eigenvalue weighted by Gasteiger charge is 2.18. The molecule has 0 unspecified atom stereocenters. The van der Waals surface area contributed by atoms with E-state index in [2.05, 4.69) is 22.2 Å². The summed E-state index contributed by atoms with van der Waals surface area (Å²) in [5, 5.41) is 3.58. The molecular formula is C18H21ClN4O. The highest BCUT2D eigenvalue weighted by atomic mass is 35.5. The number of carbonyl (C=O) groups is 1. The Kier molecular flexibility index (Phi) is 4.92. The van der Waals surface area contributed by atoms with E-state index in [0.29, 0.717) is 16.3 Å². The van der Waals surface area contributed by atoms with Gasteiger partial charge in [-0.3, -0.25) is 4.79 Å². The van der Waals surface area contributed by atoms with Crippen LogP contribution in [0.25, 0.3) is 0 Å². The van der Waals surface area contributed by atoms with Crippen LogP contribution in [0.1, 0.15) is 10.4 Å². The quantitative estimate of drug-likeness (QED) is 0.840. The molecule has 2 aromatic carbocycles. The van der Waals surface area contributed by atoms with Crippen LogP contribution in [0.15, 0.2) is 42.5 Å². The SMILES string of the molecule is CN1CCN(c2ccc(N)cc2NC(=O)c2ccc(Cl)cc2)CC1. The summed E-state index contributed by atoms with van der Waals surface area (Å²) in [5.74, 6) is -0.173. The van der Waals surface area contributed by atoms with Crippen LogP contribution in [0.4, 0.5) is 17.1 Å². The maximum absolute atomic E-state index is 12.5. The number of rotatable bonds is 3. The van der Waals surface area contributed by atoms with E-state index >= 15 is 0 Å². The largest absolute Gasteiger partial charge is 0.399 e. The van der Waals surface area contributed by atoms with E-state index in [-0.39, 0.29) is 5.91 Å². The number of hydrogen-bond acceptors (Lipinski definition) is 4. The van der Waals surface area contributed by atoms with Crippen molar-refractivity contribution >= 4 is 34.6 Å². The first-order valence-corrected chi connectivity index (χ1v) is 8.30. The lowest BCUT2D eigenvalue weighted by Gasteiger charge is -2.35. The molecule has 126 valence electrons. The number of benzene rings is 2. The third-order valence-corrected chi connectivity index (χ3v) is 4.47. The van der Waals surface area contributed by atoms with Crippen LogP contribution in [0.2, 0.25) is 5.02 Å². The van der Waals surface area contributed by atoms with Gasteiger partial charge in [-0.15, -0.1) is 0 Å². The van der Waals surface area contributed by atoms with Gasteiger partial charge in [0.05, 0.1) is 11.4 Å². The lowest BCUT2D eigenvalue weighted by molar-refractivity contribution is 0.102. The summed E-state index contributed by atoms with van der Waals surface area (Å²) >= 11 is 5.88. The number of nitrogen functional groups attached to an aromatic ring is 1. The standard InChI is InChI=1S/C18H21ClN4O/c1-22-8-10-23(11-9-22)17-7-6-15(20)12-16(17)21-18(24)13-2-4-14(19)5-3-13/h2-7,12H,8-11,20H2,1H3,(H,21,24). The number of halogens is 1. The molecule has 1 aliphatic rings. The minimum Gasteiger partial charge on any atom is -0.399 e. The predicted molar refractivity (Wildman–Crippen MR) is 100.0 cm³/mol. The fourth-order valence-electron chi connectivity index (χ4n) is 2.77. The van der Waals surface area contributed by atoms with Crippen LogP contribution in [0, 0.1) is 0 Å². The first-order chi connectivity index (χ1) is 11.5. The molecule has 5 nitrogen and oxygen atoms in total. The van der Waals surface area contributed by atoms with Gasteiger partial charge >= 0.3 is 0 Å². The zero-order chi connectivity index (χ0) is 17.1. The molecule has 1 aliphatic heterocycles. The molecule has 0 saturated carbocycles. The molecule has 0 aromatic heterocycles. The van der Waals surface area contributed by atoms with Crippen molar-refractivity contribution in [2.24, 2.45) is 0 Å². The van der Waals surface area contributed by atoms with Crippen molar-refractivity contribution in [3.8, 4) is 0 Å². The number of piperazine rings is 1. The number of nitrogens with one attached hydrogen (secondary N) is 1. The highest BCUT2D eigenvalue weighted by Crippen LogP contribution is 2.29. The van der Waals surface area contributed by atoms with Crippen LogP contribution < -0.4 is 16.0 Å². The molecule has 6 heteroatoms. The molecule has 0 atom stereocenters. The van der Waals surface area contributed by atoms with Crippen molar-refractivity contribution < 1.29 is 4.79 Å². The summed E-state index contributed by atoms with van der Waals surface area (Å²) in [4.78, 5) is 17.1. The summed E-state index contributed by atoms with van der Waals surface area (Å²) in [6, 6.07) is 12.5. The summed E-state index contributed by atoms with van der Waals surface area (Å²) < 4.78 is 0. The molecule has 3 rings (SSSR count). The normalized spacial score (nSPS) is 15.3. The zero-order valence-electron chi connectivity index (χ0n) is 13.6. The molecule has 0 bridgehead atoms. The highest BCUT2D eigenvalue weighted by molar-refractivity contribution is 6.30. The van der Waals surface area contributed by atoms with Gasteiger partial charge in [0.25, 0.3) is 5.91 Å². The first kappa shape index (κ1) is 16.6. The minimum atomic E-state index is -0.173. The van der Waals surface area contributed by atoms with Crippen molar-refractivity contribution in [1.82, 2.24) is 4.90 Å². The number of amides is 1. The first-order valence-electron chi connectivity index (χ1n) is 7.93. The van der Waals surface area contributed by atoms with Crippen molar-refractivity contribution in [3.05, 3.63) is 53.1 Å². The van der Waals surface area contributed by atoms with Gasteiger partial charge in [-0.05, 0) is 49.5 Å².